The lowest BCUT2D eigenvalue weighted by Gasteiger charge is -2.17. The van der Waals surface area contributed by atoms with Crippen molar-refractivity contribution in [2.45, 2.75) is 53.1 Å². The Kier molecular flexibility index (Phi) is 7.55. The van der Waals surface area contributed by atoms with E-state index in [1.807, 2.05) is 31.4 Å². The van der Waals surface area contributed by atoms with Gasteiger partial charge in [-0.25, -0.2) is 4.98 Å². The van der Waals surface area contributed by atoms with Gasteiger partial charge in [-0.1, -0.05) is 13.8 Å². The third kappa shape index (κ3) is 5.09. The van der Waals surface area contributed by atoms with Gasteiger partial charge in [-0.2, -0.15) is 5.26 Å². The molecule has 0 aliphatic heterocycles. The van der Waals surface area contributed by atoms with E-state index >= 15 is 0 Å². The highest BCUT2D eigenvalue weighted by atomic mass is 32.1. The Morgan fingerprint density at radius 1 is 1.43 bits per heavy atom. The highest BCUT2D eigenvalue weighted by Crippen LogP contribution is 2.23. The van der Waals surface area contributed by atoms with E-state index in [9.17, 15) is 10.1 Å². The van der Waals surface area contributed by atoms with E-state index in [4.69, 9.17) is 4.74 Å². The largest absolute Gasteiger partial charge is 0.383 e. The number of thiazole rings is 1. The molecule has 0 bridgehead atoms. The average molecular weight is 401 g/mol. The van der Waals surface area contributed by atoms with Gasteiger partial charge in [0.2, 0.25) is 0 Å². The van der Waals surface area contributed by atoms with Crippen LogP contribution in [0.15, 0.2) is 17.0 Å². The zero-order valence-corrected chi connectivity index (χ0v) is 18.2. The van der Waals surface area contributed by atoms with Crippen molar-refractivity contribution in [2.24, 2.45) is 0 Å². The molecule has 150 valence electrons. The van der Waals surface area contributed by atoms with Crippen LogP contribution < -0.4 is 5.32 Å². The second-order valence-electron chi connectivity index (χ2n) is 7.19. The highest BCUT2D eigenvalue weighted by Gasteiger charge is 2.16. The molecule has 0 aliphatic carbocycles. The van der Waals surface area contributed by atoms with Crippen molar-refractivity contribution in [3.05, 3.63) is 44.7 Å². The minimum Gasteiger partial charge on any atom is -0.383 e. The smallest absolute Gasteiger partial charge is 0.262 e. The number of aromatic nitrogens is 2. The molecule has 28 heavy (non-hydrogen) atoms. The van der Waals surface area contributed by atoms with Crippen LogP contribution in [0, 0.1) is 25.2 Å². The Hall–Kier alpha value is -2.43. The third-order valence-corrected chi connectivity index (χ3v) is 5.72. The first kappa shape index (κ1) is 21.9. The van der Waals surface area contributed by atoms with Gasteiger partial charge in [0, 0.05) is 29.8 Å². The minimum atomic E-state index is -0.392. The van der Waals surface area contributed by atoms with Crippen molar-refractivity contribution >= 4 is 23.3 Å². The fraction of sp³-hybridized carbons (Fsp3) is 0.476. The van der Waals surface area contributed by atoms with Gasteiger partial charge in [0.1, 0.15) is 11.6 Å². The SMILES string of the molecule is COCC(C)n1c(C)cc(/C=C(/C#N)C(=O)NCc2csc(C(C)C)n2)c1C. The quantitative estimate of drug-likeness (QED) is 0.534. The van der Waals surface area contributed by atoms with Gasteiger partial charge in [-0.05, 0) is 38.5 Å². The number of hydrogen-bond acceptors (Lipinski definition) is 5. The van der Waals surface area contributed by atoms with Crippen LogP contribution in [0.5, 0.6) is 0 Å². The fourth-order valence-corrected chi connectivity index (χ4v) is 4.02. The predicted octanol–water partition coefficient (Wildman–Crippen LogP) is 4.12. The zero-order chi connectivity index (χ0) is 20.8. The molecule has 0 fully saturated rings. The van der Waals surface area contributed by atoms with Crippen LogP contribution in [0.1, 0.15) is 60.4 Å². The standard InChI is InChI=1S/C21H28N4O2S/c1-13(2)21-24-19(12-28-21)10-23-20(26)18(9-22)8-17-7-14(3)25(16(17)5)15(4)11-27-6/h7-8,12-13,15H,10-11H2,1-6H3,(H,23,26)/b18-8-. The number of ether oxygens (including phenoxy) is 1. The summed E-state index contributed by atoms with van der Waals surface area (Å²) >= 11 is 1.58. The number of hydrogen-bond donors (Lipinski definition) is 1. The van der Waals surface area contributed by atoms with E-state index < -0.39 is 5.91 Å². The zero-order valence-electron chi connectivity index (χ0n) is 17.4. The number of nitrogens with one attached hydrogen (secondary N) is 1. The summed E-state index contributed by atoms with van der Waals surface area (Å²) in [7, 11) is 1.68. The Labute approximate surface area is 170 Å². The summed E-state index contributed by atoms with van der Waals surface area (Å²) in [5, 5.41) is 15.2. The van der Waals surface area contributed by atoms with E-state index in [0.29, 0.717) is 19.1 Å². The van der Waals surface area contributed by atoms with Crippen molar-refractivity contribution in [2.75, 3.05) is 13.7 Å². The molecule has 2 aromatic rings. The number of nitriles is 1. The van der Waals surface area contributed by atoms with Crippen molar-refractivity contribution < 1.29 is 9.53 Å². The number of methoxy groups -OCH3 is 1. The minimum absolute atomic E-state index is 0.0824. The maximum absolute atomic E-state index is 12.5. The second-order valence-corrected chi connectivity index (χ2v) is 8.07. The average Bonchev–Trinajstić information content (AvgIpc) is 3.22. The molecule has 0 aliphatic rings. The van der Waals surface area contributed by atoms with Crippen LogP contribution in [0.2, 0.25) is 0 Å². The number of nitrogens with zero attached hydrogens (tertiary/aromatic N) is 3. The summed E-state index contributed by atoms with van der Waals surface area (Å²) in [6, 6.07) is 4.18. The van der Waals surface area contributed by atoms with Crippen LogP contribution in [0.3, 0.4) is 0 Å². The lowest BCUT2D eigenvalue weighted by Crippen LogP contribution is -2.24. The van der Waals surface area contributed by atoms with Gasteiger partial charge in [0.25, 0.3) is 5.91 Å². The summed E-state index contributed by atoms with van der Waals surface area (Å²) in [6.45, 7) is 11.2. The lowest BCUT2D eigenvalue weighted by molar-refractivity contribution is -0.117. The predicted molar refractivity (Wildman–Crippen MR) is 112 cm³/mol. The van der Waals surface area contributed by atoms with Gasteiger partial charge >= 0.3 is 0 Å². The first-order chi connectivity index (χ1) is 13.3. The number of carbonyl (C=O) groups is 1. The molecule has 0 saturated carbocycles. The summed E-state index contributed by atoms with van der Waals surface area (Å²) in [5.41, 5.74) is 3.83. The van der Waals surface area contributed by atoms with E-state index in [-0.39, 0.29) is 11.6 Å². The number of amides is 1. The van der Waals surface area contributed by atoms with Gasteiger partial charge in [0.15, 0.2) is 0 Å². The van der Waals surface area contributed by atoms with Crippen LogP contribution in [-0.4, -0.2) is 29.2 Å². The molecule has 0 saturated heterocycles. The molecule has 0 spiro atoms. The number of carbonyl (C=O) groups excluding carboxylic acids is 1. The summed E-state index contributed by atoms with van der Waals surface area (Å²) < 4.78 is 7.41. The summed E-state index contributed by atoms with van der Waals surface area (Å²) in [5.74, 6) is -0.0314. The molecule has 0 radical (unpaired) electrons. The maximum Gasteiger partial charge on any atom is 0.262 e. The van der Waals surface area contributed by atoms with Gasteiger partial charge in [-0.15, -0.1) is 11.3 Å². The molecule has 2 heterocycles. The normalized spacial score (nSPS) is 12.9. The molecular weight excluding hydrogens is 372 g/mol. The van der Waals surface area contributed by atoms with Crippen molar-refractivity contribution in [3.63, 3.8) is 0 Å². The monoisotopic (exact) mass is 400 g/mol. The molecule has 1 atom stereocenters. The van der Waals surface area contributed by atoms with E-state index in [1.54, 1.807) is 24.5 Å². The molecule has 0 aromatic carbocycles. The van der Waals surface area contributed by atoms with Crippen molar-refractivity contribution in [3.8, 4) is 6.07 Å². The molecule has 2 rings (SSSR count). The second kappa shape index (κ2) is 9.67. The molecule has 7 heteroatoms. The van der Waals surface area contributed by atoms with Crippen LogP contribution in [0.25, 0.3) is 6.08 Å². The first-order valence-electron chi connectivity index (χ1n) is 9.30. The number of rotatable bonds is 8. The third-order valence-electron chi connectivity index (χ3n) is 4.53. The number of aryl methyl sites for hydroxylation is 1. The fourth-order valence-electron chi connectivity index (χ4n) is 3.18. The van der Waals surface area contributed by atoms with Crippen molar-refractivity contribution in [1.82, 2.24) is 14.9 Å². The van der Waals surface area contributed by atoms with Gasteiger partial charge in [-0.3, -0.25) is 4.79 Å². The maximum atomic E-state index is 12.5. The van der Waals surface area contributed by atoms with Crippen LogP contribution in [-0.2, 0) is 16.1 Å². The van der Waals surface area contributed by atoms with E-state index in [1.165, 1.54) is 0 Å². The molecule has 1 N–H and O–H groups in total. The molecule has 6 nitrogen and oxygen atoms in total. The van der Waals surface area contributed by atoms with Crippen molar-refractivity contribution in [1.29, 1.82) is 5.26 Å². The topological polar surface area (TPSA) is 79.9 Å². The van der Waals surface area contributed by atoms with E-state index in [2.05, 4.69) is 35.6 Å². The Balaban J connectivity index is 2.15. The molecular formula is C21H28N4O2S. The highest BCUT2D eigenvalue weighted by molar-refractivity contribution is 7.09. The summed E-state index contributed by atoms with van der Waals surface area (Å²) in [4.78, 5) is 17.0. The lowest BCUT2D eigenvalue weighted by atomic mass is 10.1. The Bertz CT molecular complexity index is 902. The first-order valence-corrected chi connectivity index (χ1v) is 10.2. The molecule has 1 unspecified atom stereocenters. The molecule has 2 aromatic heterocycles. The molecule has 1 amide bonds. The van der Waals surface area contributed by atoms with Gasteiger partial charge in [0.05, 0.1) is 29.9 Å². The Morgan fingerprint density at radius 2 is 2.14 bits per heavy atom. The van der Waals surface area contributed by atoms with E-state index in [0.717, 1.165) is 27.7 Å². The van der Waals surface area contributed by atoms with Gasteiger partial charge < -0.3 is 14.6 Å². The summed E-state index contributed by atoms with van der Waals surface area (Å²) in [6.07, 6.45) is 1.65. The van der Waals surface area contributed by atoms with Crippen LogP contribution >= 0.6 is 11.3 Å². The Morgan fingerprint density at radius 3 is 2.71 bits per heavy atom. The van der Waals surface area contributed by atoms with Crippen LogP contribution in [0.4, 0.5) is 0 Å².